The van der Waals surface area contributed by atoms with Gasteiger partial charge in [-0.25, -0.2) is 4.39 Å². The Labute approximate surface area is 218 Å². The molecule has 0 spiro atoms. The van der Waals surface area contributed by atoms with Gasteiger partial charge in [-0.2, -0.15) is 0 Å². The third kappa shape index (κ3) is 5.40. The van der Waals surface area contributed by atoms with Crippen molar-refractivity contribution < 1.29 is 18.9 Å². The maximum absolute atomic E-state index is 14.1. The number of carbonyl (C=O) groups is 2. The van der Waals surface area contributed by atoms with Crippen LogP contribution in [0.5, 0.6) is 0 Å². The lowest BCUT2D eigenvalue weighted by atomic mass is 9.93. The van der Waals surface area contributed by atoms with E-state index < -0.39 is 4.92 Å². The molecule has 8 nitrogen and oxygen atoms in total. The first kappa shape index (κ1) is 25.0. The van der Waals surface area contributed by atoms with Gasteiger partial charge < -0.3 is 9.80 Å². The molecule has 10 heteroatoms. The first-order valence-electron chi connectivity index (χ1n) is 12.3. The van der Waals surface area contributed by atoms with Crippen molar-refractivity contribution in [3.05, 3.63) is 97.5 Å². The van der Waals surface area contributed by atoms with Gasteiger partial charge in [0.15, 0.2) is 0 Å². The number of hydrogen-bond acceptors (Lipinski definition) is 6. The Balaban J connectivity index is 1.27. The van der Waals surface area contributed by atoms with Gasteiger partial charge in [0.1, 0.15) is 5.82 Å². The monoisotopic (exact) mass is 522 g/mol. The van der Waals surface area contributed by atoms with Crippen molar-refractivity contribution >= 4 is 28.8 Å². The van der Waals surface area contributed by atoms with Crippen molar-refractivity contribution in [2.75, 3.05) is 39.3 Å². The van der Waals surface area contributed by atoms with Crippen LogP contribution in [0.1, 0.15) is 38.8 Å². The Bertz CT molecular complexity index is 1330. The smallest absolute Gasteiger partial charge is 0.270 e. The Morgan fingerprint density at radius 1 is 1.00 bits per heavy atom. The highest BCUT2D eigenvalue weighted by molar-refractivity contribution is 7.10. The normalized spacial score (nSPS) is 18.2. The standard InChI is InChI=1S/C27H27FN4O4S/c28-21-6-1-4-19(16-21)26-23-9-15-37-24(23)8-12-31(26)18-25(33)29-10-3-11-30(14-13-29)27(34)20-5-2-7-22(17-20)32(35)36/h1-2,4-7,9,15-17,26H,3,8,10-14,18H2. The zero-order valence-corrected chi connectivity index (χ0v) is 21.0. The molecular weight excluding hydrogens is 495 g/mol. The topological polar surface area (TPSA) is 87.0 Å². The second-order valence-corrected chi connectivity index (χ2v) is 10.3. The fourth-order valence-electron chi connectivity index (χ4n) is 5.18. The molecule has 2 amide bonds. The molecule has 0 saturated carbocycles. The molecule has 192 valence electrons. The van der Waals surface area contributed by atoms with Gasteiger partial charge in [-0.05, 0) is 53.6 Å². The maximum Gasteiger partial charge on any atom is 0.270 e. The molecule has 5 rings (SSSR count). The number of fused-ring (bicyclic) bond motifs is 1. The van der Waals surface area contributed by atoms with Crippen LogP contribution >= 0.6 is 11.3 Å². The summed E-state index contributed by atoms with van der Waals surface area (Å²) >= 11 is 1.69. The van der Waals surface area contributed by atoms with Crippen molar-refractivity contribution in [2.24, 2.45) is 0 Å². The Kier molecular flexibility index (Phi) is 7.29. The molecule has 1 atom stereocenters. The summed E-state index contributed by atoms with van der Waals surface area (Å²) in [6, 6.07) is 14.2. The first-order valence-corrected chi connectivity index (χ1v) is 13.2. The average Bonchev–Trinajstić information content (AvgIpc) is 3.23. The summed E-state index contributed by atoms with van der Waals surface area (Å²) in [5.74, 6) is -0.595. The summed E-state index contributed by atoms with van der Waals surface area (Å²) in [6.45, 7) is 2.65. The molecule has 37 heavy (non-hydrogen) atoms. The van der Waals surface area contributed by atoms with Gasteiger partial charge >= 0.3 is 0 Å². The largest absolute Gasteiger partial charge is 0.340 e. The summed E-state index contributed by atoms with van der Waals surface area (Å²) in [4.78, 5) is 43.8. The molecule has 2 aromatic carbocycles. The van der Waals surface area contributed by atoms with Crippen molar-refractivity contribution in [3.8, 4) is 0 Å². The highest BCUT2D eigenvalue weighted by atomic mass is 32.1. The fraction of sp³-hybridized carbons (Fsp3) is 0.333. The number of carbonyl (C=O) groups excluding carboxylic acids is 2. The molecule has 3 aromatic rings. The van der Waals surface area contributed by atoms with Gasteiger partial charge in [-0.1, -0.05) is 18.2 Å². The van der Waals surface area contributed by atoms with E-state index in [0.29, 0.717) is 39.1 Å². The second kappa shape index (κ2) is 10.8. The number of non-ortho nitro benzene ring substituents is 1. The summed E-state index contributed by atoms with van der Waals surface area (Å²) in [5.41, 5.74) is 2.10. The van der Waals surface area contributed by atoms with Gasteiger partial charge in [0.05, 0.1) is 17.5 Å². The first-order chi connectivity index (χ1) is 17.9. The molecule has 1 unspecified atom stereocenters. The number of amides is 2. The van der Waals surface area contributed by atoms with Gasteiger partial charge in [0.25, 0.3) is 11.6 Å². The van der Waals surface area contributed by atoms with Gasteiger partial charge in [-0.15, -0.1) is 11.3 Å². The lowest BCUT2D eigenvalue weighted by Crippen LogP contribution is -2.45. The number of halogens is 1. The second-order valence-electron chi connectivity index (χ2n) is 9.31. The van der Waals surface area contributed by atoms with Gasteiger partial charge in [0.2, 0.25) is 5.91 Å². The number of nitro benzene ring substituents is 1. The van der Waals surface area contributed by atoms with Crippen LogP contribution in [0.15, 0.2) is 60.0 Å². The molecule has 0 N–H and O–H groups in total. The van der Waals surface area contributed by atoms with E-state index in [4.69, 9.17) is 0 Å². The Morgan fingerprint density at radius 2 is 1.78 bits per heavy atom. The zero-order valence-electron chi connectivity index (χ0n) is 20.2. The van der Waals surface area contributed by atoms with Crippen LogP contribution in [0, 0.1) is 15.9 Å². The number of rotatable bonds is 5. The van der Waals surface area contributed by atoms with E-state index in [9.17, 15) is 24.1 Å². The third-order valence-corrected chi connectivity index (χ3v) is 8.00. The quantitative estimate of drug-likeness (QED) is 0.372. The van der Waals surface area contributed by atoms with E-state index >= 15 is 0 Å². The van der Waals surface area contributed by atoms with E-state index in [1.54, 1.807) is 33.3 Å². The van der Waals surface area contributed by atoms with Crippen LogP contribution in [-0.2, 0) is 11.2 Å². The highest BCUT2D eigenvalue weighted by Crippen LogP contribution is 2.37. The van der Waals surface area contributed by atoms with Crippen molar-refractivity contribution in [2.45, 2.75) is 18.9 Å². The van der Waals surface area contributed by atoms with E-state index in [1.807, 2.05) is 11.4 Å². The van der Waals surface area contributed by atoms with Crippen LogP contribution < -0.4 is 0 Å². The third-order valence-electron chi connectivity index (χ3n) is 7.01. The molecule has 1 fully saturated rings. The molecule has 2 aliphatic heterocycles. The molecule has 1 saturated heterocycles. The van der Waals surface area contributed by atoms with Crippen molar-refractivity contribution in [1.82, 2.24) is 14.7 Å². The lowest BCUT2D eigenvalue weighted by Gasteiger charge is -2.37. The summed E-state index contributed by atoms with van der Waals surface area (Å²) in [6.07, 6.45) is 1.46. The minimum atomic E-state index is -0.518. The number of nitro groups is 1. The zero-order chi connectivity index (χ0) is 25.9. The lowest BCUT2D eigenvalue weighted by molar-refractivity contribution is -0.384. The van der Waals surface area contributed by atoms with Gasteiger partial charge in [0, 0.05) is 55.3 Å². The predicted octanol–water partition coefficient (Wildman–Crippen LogP) is 4.12. The maximum atomic E-state index is 14.1. The minimum absolute atomic E-state index is 0.0234. The van der Waals surface area contributed by atoms with Crippen molar-refractivity contribution in [3.63, 3.8) is 0 Å². The molecular formula is C27H27FN4O4S. The number of benzene rings is 2. The van der Waals surface area contributed by atoms with E-state index in [2.05, 4.69) is 11.0 Å². The molecule has 0 radical (unpaired) electrons. The summed E-state index contributed by atoms with van der Waals surface area (Å²) in [7, 11) is 0. The highest BCUT2D eigenvalue weighted by Gasteiger charge is 2.32. The van der Waals surface area contributed by atoms with E-state index in [-0.39, 0.29) is 41.5 Å². The van der Waals surface area contributed by atoms with Crippen LogP contribution in [0.3, 0.4) is 0 Å². The molecule has 2 aliphatic rings. The molecule has 0 bridgehead atoms. The number of thiophene rings is 1. The van der Waals surface area contributed by atoms with E-state index in [0.717, 1.165) is 17.5 Å². The molecule has 3 heterocycles. The Morgan fingerprint density at radius 3 is 2.59 bits per heavy atom. The summed E-state index contributed by atoms with van der Waals surface area (Å²) in [5, 5.41) is 13.1. The van der Waals surface area contributed by atoms with Gasteiger partial charge in [-0.3, -0.25) is 24.6 Å². The van der Waals surface area contributed by atoms with E-state index in [1.165, 1.54) is 35.2 Å². The summed E-state index contributed by atoms with van der Waals surface area (Å²) < 4.78 is 14.1. The molecule has 0 aliphatic carbocycles. The fourth-order valence-corrected chi connectivity index (χ4v) is 6.09. The van der Waals surface area contributed by atoms with Crippen molar-refractivity contribution in [1.29, 1.82) is 0 Å². The number of nitrogens with zero attached hydrogens (tertiary/aromatic N) is 4. The SMILES string of the molecule is O=C(CN1CCc2sccc2C1c1cccc(F)c1)N1CCCN(C(=O)c2cccc([N+](=O)[O-])c2)CC1. The average molecular weight is 523 g/mol. The Hall–Kier alpha value is -3.63. The van der Waals surface area contributed by atoms with Crippen LogP contribution in [-0.4, -0.2) is 70.7 Å². The van der Waals surface area contributed by atoms with Crippen LogP contribution in [0.2, 0.25) is 0 Å². The predicted molar refractivity (Wildman–Crippen MR) is 138 cm³/mol. The number of hydrogen-bond donors (Lipinski definition) is 0. The molecule has 1 aromatic heterocycles. The van der Waals surface area contributed by atoms with Crippen LogP contribution in [0.25, 0.3) is 0 Å². The minimum Gasteiger partial charge on any atom is -0.340 e. The van der Waals surface area contributed by atoms with Crippen LogP contribution in [0.4, 0.5) is 10.1 Å².